The highest BCUT2D eigenvalue weighted by atomic mass is 35.5. The predicted octanol–water partition coefficient (Wildman–Crippen LogP) is 3.87. The molecule has 0 aromatic heterocycles. The zero-order chi connectivity index (χ0) is 13.1. The molecule has 5 heteroatoms. The van der Waals surface area contributed by atoms with Gasteiger partial charge in [0.05, 0.1) is 16.1 Å². The second-order valence-electron chi connectivity index (χ2n) is 3.88. The Hall–Kier alpha value is -1.24. The van der Waals surface area contributed by atoms with Gasteiger partial charge < -0.3 is 5.32 Å². The Morgan fingerprint density at radius 3 is 2.59 bits per heavy atom. The highest BCUT2D eigenvalue weighted by Gasteiger charge is 2.31. The molecule has 1 N–H and O–H groups in total. The van der Waals surface area contributed by atoms with E-state index in [0.29, 0.717) is 22.2 Å². The minimum atomic E-state index is -1.04. The summed E-state index contributed by atoms with van der Waals surface area (Å²) in [5.74, 6) is -0.346. The zero-order valence-corrected chi connectivity index (χ0v) is 11.1. The largest absolute Gasteiger partial charge is 0.325 e. The van der Waals surface area contributed by atoms with E-state index in [2.05, 4.69) is 5.32 Å². The Kier molecular flexibility index (Phi) is 4.39. The number of halogens is 2. The second kappa shape index (κ2) is 5.39. The van der Waals surface area contributed by atoms with Crippen molar-refractivity contribution in [2.45, 2.75) is 20.3 Å². The van der Waals surface area contributed by atoms with E-state index in [9.17, 15) is 4.79 Å². The molecule has 1 atom stereocenters. The molecule has 0 radical (unpaired) electrons. The van der Waals surface area contributed by atoms with Crippen LogP contribution in [0.15, 0.2) is 18.2 Å². The van der Waals surface area contributed by atoms with E-state index in [1.807, 2.05) is 6.07 Å². The van der Waals surface area contributed by atoms with Crippen LogP contribution in [0.5, 0.6) is 0 Å². The molecule has 1 amide bonds. The first-order valence-electron chi connectivity index (χ1n) is 5.10. The van der Waals surface area contributed by atoms with Crippen LogP contribution in [0.2, 0.25) is 10.0 Å². The second-order valence-corrected chi connectivity index (χ2v) is 4.69. The number of amides is 1. The summed E-state index contributed by atoms with van der Waals surface area (Å²) in [6.07, 6.45) is 0.441. The van der Waals surface area contributed by atoms with E-state index in [1.54, 1.807) is 32.0 Å². The lowest BCUT2D eigenvalue weighted by atomic mass is 9.88. The molecule has 1 unspecified atom stereocenters. The van der Waals surface area contributed by atoms with Gasteiger partial charge in [0.15, 0.2) is 0 Å². The van der Waals surface area contributed by atoms with E-state index >= 15 is 0 Å². The van der Waals surface area contributed by atoms with Crippen molar-refractivity contribution in [3.05, 3.63) is 28.2 Å². The number of rotatable bonds is 3. The summed E-state index contributed by atoms with van der Waals surface area (Å²) in [6, 6.07) is 6.78. The van der Waals surface area contributed by atoms with Crippen molar-refractivity contribution >= 4 is 34.8 Å². The Labute approximate surface area is 110 Å². The Balaban J connectivity index is 2.89. The molecule has 0 saturated heterocycles. The third kappa shape index (κ3) is 3.12. The zero-order valence-electron chi connectivity index (χ0n) is 9.55. The molecule has 0 fully saturated rings. The van der Waals surface area contributed by atoms with Gasteiger partial charge >= 0.3 is 0 Å². The van der Waals surface area contributed by atoms with Gasteiger partial charge in [-0.15, -0.1) is 0 Å². The first kappa shape index (κ1) is 13.8. The van der Waals surface area contributed by atoms with Crippen molar-refractivity contribution in [1.29, 1.82) is 5.26 Å². The maximum Gasteiger partial charge on any atom is 0.244 e. The van der Waals surface area contributed by atoms with E-state index < -0.39 is 5.41 Å². The van der Waals surface area contributed by atoms with Crippen molar-refractivity contribution in [3.8, 4) is 6.07 Å². The normalized spacial score (nSPS) is 13.6. The minimum absolute atomic E-state index is 0.346. The standard InChI is InChI=1S/C12H12Cl2N2O/c1-3-12(2,7-15)11(17)16-8-4-5-9(13)10(14)6-8/h4-6H,3H2,1-2H3,(H,16,17). The topological polar surface area (TPSA) is 52.9 Å². The third-order valence-corrected chi connectivity index (χ3v) is 3.37. The SMILES string of the molecule is CCC(C)(C#N)C(=O)Nc1ccc(Cl)c(Cl)c1. The smallest absolute Gasteiger partial charge is 0.244 e. The van der Waals surface area contributed by atoms with Crippen molar-refractivity contribution < 1.29 is 4.79 Å². The van der Waals surface area contributed by atoms with Gasteiger partial charge in [-0.2, -0.15) is 5.26 Å². The molecule has 1 rings (SSSR count). The molecular weight excluding hydrogens is 259 g/mol. The van der Waals surface area contributed by atoms with Crippen LogP contribution in [0.3, 0.4) is 0 Å². The molecule has 0 bridgehead atoms. The van der Waals surface area contributed by atoms with Gasteiger partial charge in [0.1, 0.15) is 5.41 Å². The van der Waals surface area contributed by atoms with Gasteiger partial charge in [-0.3, -0.25) is 4.79 Å². The predicted molar refractivity (Wildman–Crippen MR) is 69.1 cm³/mol. The van der Waals surface area contributed by atoms with Crippen LogP contribution in [0, 0.1) is 16.7 Å². The number of nitrogens with one attached hydrogen (secondary N) is 1. The number of carbonyl (C=O) groups is 1. The summed E-state index contributed by atoms with van der Waals surface area (Å²) < 4.78 is 0. The molecule has 1 aromatic carbocycles. The number of carbonyl (C=O) groups excluding carboxylic acids is 1. The van der Waals surface area contributed by atoms with Gasteiger partial charge in [-0.25, -0.2) is 0 Å². The fraction of sp³-hybridized carbons (Fsp3) is 0.333. The summed E-state index contributed by atoms with van der Waals surface area (Å²) in [5.41, 5.74) is -0.508. The van der Waals surface area contributed by atoms with Crippen LogP contribution < -0.4 is 5.32 Å². The van der Waals surface area contributed by atoms with Gasteiger partial charge in [-0.05, 0) is 31.5 Å². The Morgan fingerprint density at radius 1 is 1.47 bits per heavy atom. The number of hydrogen-bond donors (Lipinski definition) is 1. The van der Waals surface area contributed by atoms with E-state index in [4.69, 9.17) is 28.5 Å². The molecule has 0 heterocycles. The summed E-state index contributed by atoms with van der Waals surface area (Å²) in [5, 5.41) is 12.4. The third-order valence-electron chi connectivity index (χ3n) is 2.63. The molecule has 3 nitrogen and oxygen atoms in total. The van der Waals surface area contributed by atoms with E-state index in [0.717, 1.165) is 0 Å². The average molecular weight is 271 g/mol. The first-order chi connectivity index (χ1) is 7.92. The average Bonchev–Trinajstić information content (AvgIpc) is 2.32. The van der Waals surface area contributed by atoms with Crippen LogP contribution in [0.4, 0.5) is 5.69 Å². The van der Waals surface area contributed by atoms with Gasteiger partial charge in [0.25, 0.3) is 0 Å². The summed E-state index contributed by atoms with van der Waals surface area (Å²) in [6.45, 7) is 3.39. The molecular formula is C12H12Cl2N2O. The van der Waals surface area contributed by atoms with Crippen molar-refractivity contribution in [2.75, 3.05) is 5.32 Å². The molecule has 17 heavy (non-hydrogen) atoms. The van der Waals surface area contributed by atoms with Crippen molar-refractivity contribution in [2.24, 2.45) is 5.41 Å². The number of anilines is 1. The monoisotopic (exact) mass is 270 g/mol. The highest BCUT2D eigenvalue weighted by Crippen LogP contribution is 2.27. The van der Waals surface area contributed by atoms with Gasteiger partial charge in [0, 0.05) is 5.69 Å². The number of hydrogen-bond acceptors (Lipinski definition) is 2. The lowest BCUT2D eigenvalue weighted by Crippen LogP contribution is -2.31. The fourth-order valence-corrected chi connectivity index (χ4v) is 1.43. The maximum atomic E-state index is 11.9. The molecule has 0 aliphatic rings. The number of benzene rings is 1. The molecule has 0 saturated carbocycles. The first-order valence-corrected chi connectivity index (χ1v) is 5.86. The summed E-state index contributed by atoms with van der Waals surface area (Å²) in [4.78, 5) is 11.9. The van der Waals surface area contributed by atoms with Gasteiger partial charge in [-0.1, -0.05) is 30.1 Å². The number of nitrogens with zero attached hydrogens (tertiary/aromatic N) is 1. The van der Waals surface area contributed by atoms with E-state index in [-0.39, 0.29) is 5.91 Å². The summed E-state index contributed by atoms with van der Waals surface area (Å²) in [7, 11) is 0. The lowest BCUT2D eigenvalue weighted by molar-refractivity contribution is -0.122. The van der Waals surface area contributed by atoms with E-state index in [1.165, 1.54) is 0 Å². The van der Waals surface area contributed by atoms with Crippen molar-refractivity contribution in [1.82, 2.24) is 0 Å². The Morgan fingerprint density at radius 2 is 2.12 bits per heavy atom. The molecule has 0 aliphatic carbocycles. The van der Waals surface area contributed by atoms with Crippen molar-refractivity contribution in [3.63, 3.8) is 0 Å². The quantitative estimate of drug-likeness (QED) is 0.907. The lowest BCUT2D eigenvalue weighted by Gasteiger charge is -2.18. The minimum Gasteiger partial charge on any atom is -0.325 e. The van der Waals surface area contributed by atoms with Crippen LogP contribution in [-0.2, 0) is 4.79 Å². The maximum absolute atomic E-state index is 11.9. The highest BCUT2D eigenvalue weighted by molar-refractivity contribution is 6.42. The van der Waals surface area contributed by atoms with Crippen LogP contribution in [0.25, 0.3) is 0 Å². The number of nitriles is 1. The summed E-state index contributed by atoms with van der Waals surface area (Å²) >= 11 is 11.6. The molecule has 1 aromatic rings. The molecule has 0 aliphatic heterocycles. The fourth-order valence-electron chi connectivity index (χ4n) is 1.13. The van der Waals surface area contributed by atoms with Gasteiger partial charge in [0.2, 0.25) is 5.91 Å². The Bertz CT molecular complexity index is 482. The van der Waals surface area contributed by atoms with Crippen LogP contribution >= 0.6 is 23.2 Å². The van der Waals surface area contributed by atoms with Crippen LogP contribution in [0.1, 0.15) is 20.3 Å². The molecule has 0 spiro atoms. The van der Waals surface area contributed by atoms with Crippen LogP contribution in [-0.4, -0.2) is 5.91 Å². The molecule has 90 valence electrons.